The Balaban J connectivity index is 1.23. The van der Waals surface area contributed by atoms with E-state index in [-0.39, 0.29) is 14.5 Å². The Kier molecular flexibility index (Phi) is 6.51. The van der Waals surface area contributed by atoms with Crippen LogP contribution >= 0.6 is 0 Å². The van der Waals surface area contributed by atoms with Gasteiger partial charge in [-0.25, -0.2) is 0 Å². The van der Waals surface area contributed by atoms with Gasteiger partial charge in [0.15, 0.2) is 0 Å². The molecular weight excluding hydrogens is 663 g/mol. The Hall–Kier alpha value is -5.93. The number of oxazole rings is 1. The van der Waals surface area contributed by atoms with E-state index in [9.17, 15) is 0 Å². The van der Waals surface area contributed by atoms with E-state index in [1.807, 2.05) is 0 Å². The summed E-state index contributed by atoms with van der Waals surface area (Å²) in [5, 5.41) is 7.44. The summed E-state index contributed by atoms with van der Waals surface area (Å²) in [6.07, 6.45) is 0. The third-order valence-electron chi connectivity index (χ3n) is 9.43. The van der Waals surface area contributed by atoms with Crippen LogP contribution in [0.1, 0.15) is 0 Å². The van der Waals surface area contributed by atoms with Crippen molar-refractivity contribution in [3.8, 4) is 22.6 Å². The summed E-state index contributed by atoms with van der Waals surface area (Å²) >= 11 is 0.0751. The van der Waals surface area contributed by atoms with Gasteiger partial charge in [0.1, 0.15) is 0 Å². The molecule has 0 radical (unpaired) electrons. The number of hydrogen-bond acceptors (Lipinski definition) is 3. The molecule has 0 aliphatic carbocycles. The second-order valence-corrected chi connectivity index (χ2v) is 14.5. The van der Waals surface area contributed by atoms with E-state index >= 15 is 0 Å². The molecule has 0 bridgehead atoms. The molecule has 0 saturated heterocycles. The predicted octanol–water partition coefficient (Wildman–Crippen LogP) is 12.3. The van der Waals surface area contributed by atoms with E-state index in [0.29, 0.717) is 5.89 Å². The van der Waals surface area contributed by atoms with Gasteiger partial charge in [0.25, 0.3) is 0 Å². The fourth-order valence-corrected chi connectivity index (χ4v) is 10.0. The molecule has 0 unspecified atom stereocenters. The minimum absolute atomic E-state index is 0.0751. The van der Waals surface area contributed by atoms with Crippen molar-refractivity contribution in [1.82, 2.24) is 4.98 Å². The van der Waals surface area contributed by atoms with E-state index < -0.39 is 0 Å². The van der Waals surface area contributed by atoms with Crippen LogP contribution in [-0.2, 0) is 0 Å². The van der Waals surface area contributed by atoms with E-state index in [4.69, 9.17) is 9.40 Å². The molecular formula is C45H28N2OSe. The van der Waals surface area contributed by atoms with Gasteiger partial charge in [-0.05, 0) is 0 Å². The average molecular weight is 692 g/mol. The Labute approximate surface area is 289 Å². The molecule has 0 atom stereocenters. The third kappa shape index (κ3) is 4.69. The first-order valence-electron chi connectivity index (χ1n) is 16.5. The SMILES string of the molecule is c1ccc(N(c2ccccc2)c2cccc(-c3cc4oc(-c5ccc6ccccc6c5)nc4c4c3[se]c3c5ccccc5ccc34)c2)cc1. The zero-order chi connectivity index (χ0) is 32.3. The molecule has 0 saturated carbocycles. The van der Waals surface area contributed by atoms with Gasteiger partial charge in [0.05, 0.1) is 0 Å². The number of fused-ring (bicyclic) bond motifs is 8. The molecule has 3 nitrogen and oxygen atoms in total. The predicted molar refractivity (Wildman–Crippen MR) is 207 cm³/mol. The Morgan fingerprint density at radius 1 is 0.469 bits per heavy atom. The third-order valence-corrected chi connectivity index (χ3v) is 12.1. The fourth-order valence-electron chi connectivity index (χ4n) is 7.13. The van der Waals surface area contributed by atoms with Crippen molar-refractivity contribution in [2.24, 2.45) is 0 Å². The summed E-state index contributed by atoms with van der Waals surface area (Å²) in [6, 6.07) is 60.5. The number of nitrogens with zero attached hydrogens (tertiary/aromatic N) is 2. The summed E-state index contributed by atoms with van der Waals surface area (Å²) in [5.74, 6) is 0.648. The van der Waals surface area contributed by atoms with Crippen LogP contribution in [0.4, 0.5) is 17.1 Å². The molecule has 10 rings (SSSR count). The first-order chi connectivity index (χ1) is 24.3. The van der Waals surface area contributed by atoms with Gasteiger partial charge in [0, 0.05) is 0 Å². The molecule has 0 aliphatic heterocycles. The molecule has 10 aromatic rings. The molecule has 0 fully saturated rings. The van der Waals surface area contributed by atoms with Crippen molar-refractivity contribution in [2.75, 3.05) is 4.90 Å². The summed E-state index contributed by atoms with van der Waals surface area (Å²) in [5.41, 5.74) is 8.42. The van der Waals surface area contributed by atoms with Crippen LogP contribution in [0.5, 0.6) is 0 Å². The quantitative estimate of drug-likeness (QED) is 0.168. The van der Waals surface area contributed by atoms with Gasteiger partial charge in [-0.1, -0.05) is 0 Å². The molecule has 49 heavy (non-hydrogen) atoms. The van der Waals surface area contributed by atoms with E-state index in [2.05, 4.69) is 175 Å². The molecule has 4 heteroatoms. The van der Waals surface area contributed by atoms with Crippen LogP contribution in [0.25, 0.3) is 74.5 Å². The van der Waals surface area contributed by atoms with Crippen molar-refractivity contribution < 1.29 is 4.42 Å². The topological polar surface area (TPSA) is 29.3 Å². The number of aromatic nitrogens is 1. The molecule has 0 spiro atoms. The molecule has 0 amide bonds. The normalized spacial score (nSPS) is 11.7. The van der Waals surface area contributed by atoms with Crippen LogP contribution in [-0.4, -0.2) is 19.5 Å². The first kappa shape index (κ1) is 28.1. The van der Waals surface area contributed by atoms with Crippen LogP contribution < -0.4 is 4.90 Å². The second-order valence-electron chi connectivity index (χ2n) is 12.4. The van der Waals surface area contributed by atoms with Crippen molar-refractivity contribution in [3.05, 3.63) is 170 Å². The van der Waals surface area contributed by atoms with Crippen molar-refractivity contribution in [1.29, 1.82) is 0 Å². The van der Waals surface area contributed by atoms with Crippen LogP contribution in [0.15, 0.2) is 174 Å². The van der Waals surface area contributed by atoms with E-state index in [0.717, 1.165) is 39.3 Å². The standard InChI is InChI=1S/C45H28N2OSe/c1-3-16-34(17-4-1)47(35-18-5-2-6-19-35)36-20-11-15-32(27-36)39-28-40-42(46-45(48-40)33-23-22-29-12-7-8-14-31(29)26-33)41-38-25-24-30-13-9-10-21-37(30)43(38)49-44(39)41/h1-28H. The number of benzene rings is 8. The van der Waals surface area contributed by atoms with Gasteiger partial charge in [-0.3, -0.25) is 0 Å². The van der Waals surface area contributed by atoms with Gasteiger partial charge >= 0.3 is 290 Å². The first-order valence-corrected chi connectivity index (χ1v) is 18.2. The number of para-hydroxylation sites is 2. The van der Waals surface area contributed by atoms with Gasteiger partial charge < -0.3 is 0 Å². The molecule has 230 valence electrons. The maximum atomic E-state index is 6.69. The molecule has 8 aromatic carbocycles. The molecule has 0 N–H and O–H groups in total. The zero-order valence-electron chi connectivity index (χ0n) is 26.4. The Morgan fingerprint density at radius 2 is 1.14 bits per heavy atom. The molecule has 0 aliphatic rings. The van der Waals surface area contributed by atoms with E-state index in [1.54, 1.807) is 0 Å². The van der Waals surface area contributed by atoms with Crippen LogP contribution in [0, 0.1) is 0 Å². The summed E-state index contributed by atoms with van der Waals surface area (Å²) in [4.78, 5) is 7.56. The van der Waals surface area contributed by atoms with Crippen LogP contribution in [0.3, 0.4) is 0 Å². The van der Waals surface area contributed by atoms with Gasteiger partial charge in [-0.2, -0.15) is 0 Å². The minimum atomic E-state index is 0.0751. The van der Waals surface area contributed by atoms with E-state index in [1.165, 1.54) is 46.4 Å². The summed E-state index contributed by atoms with van der Waals surface area (Å²) in [6.45, 7) is 0. The summed E-state index contributed by atoms with van der Waals surface area (Å²) < 4.78 is 9.46. The Bertz CT molecular complexity index is 2800. The van der Waals surface area contributed by atoms with Gasteiger partial charge in [0.2, 0.25) is 0 Å². The average Bonchev–Trinajstić information content (AvgIpc) is 3.78. The van der Waals surface area contributed by atoms with Crippen molar-refractivity contribution in [2.45, 2.75) is 0 Å². The summed E-state index contributed by atoms with van der Waals surface area (Å²) in [7, 11) is 0. The zero-order valence-corrected chi connectivity index (χ0v) is 28.1. The van der Waals surface area contributed by atoms with Gasteiger partial charge in [-0.15, -0.1) is 0 Å². The van der Waals surface area contributed by atoms with Crippen LogP contribution in [0.2, 0.25) is 0 Å². The Morgan fingerprint density at radius 3 is 1.94 bits per heavy atom. The number of rotatable bonds is 5. The number of anilines is 3. The fraction of sp³-hybridized carbons (Fsp3) is 0. The maximum absolute atomic E-state index is 6.69. The second kappa shape index (κ2) is 11.3. The molecule has 2 heterocycles. The molecule has 2 aromatic heterocycles. The monoisotopic (exact) mass is 692 g/mol. The van der Waals surface area contributed by atoms with Crippen molar-refractivity contribution >= 4 is 83.5 Å². The number of hydrogen-bond donors (Lipinski definition) is 0. The van der Waals surface area contributed by atoms with Crippen molar-refractivity contribution in [3.63, 3.8) is 0 Å².